The van der Waals surface area contributed by atoms with Crippen molar-refractivity contribution in [2.75, 3.05) is 13.1 Å². The molecule has 0 bridgehead atoms. The lowest BCUT2D eigenvalue weighted by atomic mass is 9.96. The Kier molecular flexibility index (Phi) is 2.72. The molecule has 11 heavy (non-hydrogen) atoms. The molecule has 1 unspecified atom stereocenters. The standard InChI is InChI=1S/C10H19N/c1-8(2)11-6-9(3)5-10(4)7-11/h8,10H,3,5-7H2,1-2,4H3. The van der Waals surface area contributed by atoms with Gasteiger partial charge in [-0.15, -0.1) is 0 Å². The summed E-state index contributed by atoms with van der Waals surface area (Å²) < 4.78 is 0. The van der Waals surface area contributed by atoms with Crippen molar-refractivity contribution >= 4 is 0 Å². The van der Waals surface area contributed by atoms with E-state index in [9.17, 15) is 0 Å². The van der Waals surface area contributed by atoms with Gasteiger partial charge in [-0.1, -0.05) is 19.1 Å². The molecule has 0 aromatic heterocycles. The van der Waals surface area contributed by atoms with Crippen molar-refractivity contribution in [1.82, 2.24) is 4.90 Å². The van der Waals surface area contributed by atoms with Crippen LogP contribution >= 0.6 is 0 Å². The Morgan fingerprint density at radius 2 is 2.18 bits per heavy atom. The van der Waals surface area contributed by atoms with Gasteiger partial charge in [0.25, 0.3) is 0 Å². The molecule has 0 amide bonds. The highest BCUT2D eigenvalue weighted by Crippen LogP contribution is 2.20. The molecule has 1 saturated heterocycles. The molecule has 1 heterocycles. The summed E-state index contributed by atoms with van der Waals surface area (Å²) in [5, 5.41) is 0. The number of piperidine rings is 1. The Morgan fingerprint density at radius 3 is 2.64 bits per heavy atom. The molecule has 64 valence electrons. The lowest BCUT2D eigenvalue weighted by Crippen LogP contribution is -2.40. The van der Waals surface area contributed by atoms with Crippen LogP contribution in [0.4, 0.5) is 0 Å². The number of nitrogens with zero attached hydrogens (tertiary/aromatic N) is 1. The van der Waals surface area contributed by atoms with Gasteiger partial charge < -0.3 is 0 Å². The molecule has 0 spiro atoms. The van der Waals surface area contributed by atoms with Gasteiger partial charge in [0, 0.05) is 19.1 Å². The van der Waals surface area contributed by atoms with Crippen LogP contribution in [0, 0.1) is 5.92 Å². The summed E-state index contributed by atoms with van der Waals surface area (Å²) in [5.41, 5.74) is 1.40. The van der Waals surface area contributed by atoms with E-state index in [-0.39, 0.29) is 0 Å². The predicted molar refractivity (Wildman–Crippen MR) is 49.6 cm³/mol. The van der Waals surface area contributed by atoms with Crippen LogP contribution in [0.15, 0.2) is 12.2 Å². The van der Waals surface area contributed by atoms with E-state index < -0.39 is 0 Å². The largest absolute Gasteiger partial charge is 0.297 e. The van der Waals surface area contributed by atoms with E-state index in [2.05, 4.69) is 32.3 Å². The molecule has 1 fully saturated rings. The maximum Gasteiger partial charge on any atom is 0.0193 e. The summed E-state index contributed by atoms with van der Waals surface area (Å²) in [6.45, 7) is 13.2. The van der Waals surface area contributed by atoms with E-state index in [4.69, 9.17) is 0 Å². The molecule has 1 nitrogen and oxygen atoms in total. The van der Waals surface area contributed by atoms with Gasteiger partial charge >= 0.3 is 0 Å². The second-order valence-electron chi connectivity index (χ2n) is 4.08. The molecule has 0 aromatic carbocycles. The first-order chi connectivity index (χ1) is 5.09. The van der Waals surface area contributed by atoms with E-state index >= 15 is 0 Å². The van der Waals surface area contributed by atoms with Crippen molar-refractivity contribution in [3.63, 3.8) is 0 Å². The van der Waals surface area contributed by atoms with Crippen LogP contribution < -0.4 is 0 Å². The Bertz CT molecular complexity index is 149. The summed E-state index contributed by atoms with van der Waals surface area (Å²) in [7, 11) is 0. The minimum absolute atomic E-state index is 0.675. The first-order valence-corrected chi connectivity index (χ1v) is 4.50. The fraction of sp³-hybridized carbons (Fsp3) is 0.800. The van der Waals surface area contributed by atoms with Crippen molar-refractivity contribution in [3.8, 4) is 0 Å². The van der Waals surface area contributed by atoms with Gasteiger partial charge in [-0.25, -0.2) is 0 Å². The molecule has 1 atom stereocenters. The summed E-state index contributed by atoms with van der Waals surface area (Å²) >= 11 is 0. The normalized spacial score (nSPS) is 28.0. The van der Waals surface area contributed by atoms with Gasteiger partial charge in [0.15, 0.2) is 0 Å². The van der Waals surface area contributed by atoms with E-state index in [0.717, 1.165) is 12.5 Å². The molecule has 1 aliphatic rings. The summed E-state index contributed by atoms with van der Waals surface area (Å²) in [4.78, 5) is 2.50. The first kappa shape index (κ1) is 8.79. The lowest BCUT2D eigenvalue weighted by Gasteiger charge is -2.35. The highest BCUT2D eigenvalue weighted by Gasteiger charge is 2.20. The van der Waals surface area contributed by atoms with Crippen molar-refractivity contribution in [2.24, 2.45) is 5.92 Å². The second kappa shape index (κ2) is 3.40. The zero-order valence-electron chi connectivity index (χ0n) is 7.93. The molecular weight excluding hydrogens is 134 g/mol. The molecule has 0 N–H and O–H groups in total. The van der Waals surface area contributed by atoms with Crippen LogP contribution in [0.2, 0.25) is 0 Å². The Hall–Kier alpha value is -0.300. The number of rotatable bonds is 1. The third-order valence-electron chi connectivity index (χ3n) is 2.34. The van der Waals surface area contributed by atoms with Gasteiger partial charge in [0.2, 0.25) is 0 Å². The topological polar surface area (TPSA) is 3.24 Å². The van der Waals surface area contributed by atoms with Gasteiger partial charge in [0.1, 0.15) is 0 Å². The third kappa shape index (κ3) is 2.33. The van der Waals surface area contributed by atoms with Crippen LogP contribution in [-0.4, -0.2) is 24.0 Å². The van der Waals surface area contributed by atoms with Crippen LogP contribution in [0.5, 0.6) is 0 Å². The number of hydrogen-bond donors (Lipinski definition) is 0. The third-order valence-corrected chi connectivity index (χ3v) is 2.34. The molecule has 0 saturated carbocycles. The monoisotopic (exact) mass is 153 g/mol. The number of hydrogen-bond acceptors (Lipinski definition) is 1. The summed E-state index contributed by atoms with van der Waals surface area (Å²) in [6.07, 6.45) is 1.23. The lowest BCUT2D eigenvalue weighted by molar-refractivity contribution is 0.180. The van der Waals surface area contributed by atoms with E-state index in [1.165, 1.54) is 18.5 Å². The molecule has 0 aliphatic carbocycles. The molecule has 0 radical (unpaired) electrons. The van der Waals surface area contributed by atoms with Crippen molar-refractivity contribution < 1.29 is 0 Å². The van der Waals surface area contributed by atoms with E-state index in [0.29, 0.717) is 6.04 Å². The molecular formula is C10H19N. The van der Waals surface area contributed by atoms with Gasteiger partial charge in [0.05, 0.1) is 0 Å². The van der Waals surface area contributed by atoms with Crippen LogP contribution in [0.25, 0.3) is 0 Å². The quantitative estimate of drug-likeness (QED) is 0.522. The molecule has 1 aliphatic heterocycles. The predicted octanol–water partition coefficient (Wildman–Crippen LogP) is 2.29. The van der Waals surface area contributed by atoms with Crippen LogP contribution in [-0.2, 0) is 0 Å². The molecule has 1 heteroatoms. The highest BCUT2D eigenvalue weighted by molar-refractivity contribution is 5.02. The van der Waals surface area contributed by atoms with Crippen LogP contribution in [0.3, 0.4) is 0 Å². The number of likely N-dealkylation sites (tertiary alicyclic amines) is 1. The van der Waals surface area contributed by atoms with Crippen molar-refractivity contribution in [2.45, 2.75) is 33.2 Å². The molecule has 0 aromatic rings. The van der Waals surface area contributed by atoms with Crippen LogP contribution in [0.1, 0.15) is 27.2 Å². The zero-order chi connectivity index (χ0) is 8.43. The minimum atomic E-state index is 0.675. The van der Waals surface area contributed by atoms with E-state index in [1.807, 2.05) is 0 Å². The first-order valence-electron chi connectivity index (χ1n) is 4.50. The minimum Gasteiger partial charge on any atom is -0.297 e. The van der Waals surface area contributed by atoms with Gasteiger partial charge in [-0.2, -0.15) is 0 Å². The van der Waals surface area contributed by atoms with E-state index in [1.54, 1.807) is 0 Å². The second-order valence-corrected chi connectivity index (χ2v) is 4.08. The Balaban J connectivity index is 2.49. The highest BCUT2D eigenvalue weighted by atomic mass is 15.2. The Morgan fingerprint density at radius 1 is 1.55 bits per heavy atom. The fourth-order valence-electron chi connectivity index (χ4n) is 1.77. The maximum absolute atomic E-state index is 4.06. The van der Waals surface area contributed by atoms with Gasteiger partial charge in [-0.3, -0.25) is 4.90 Å². The molecule has 1 rings (SSSR count). The Labute approximate surface area is 70.1 Å². The summed E-state index contributed by atoms with van der Waals surface area (Å²) in [5.74, 6) is 0.804. The fourth-order valence-corrected chi connectivity index (χ4v) is 1.77. The average Bonchev–Trinajstić information content (AvgIpc) is 1.85. The maximum atomic E-state index is 4.06. The zero-order valence-corrected chi connectivity index (χ0v) is 7.93. The van der Waals surface area contributed by atoms with Gasteiger partial charge in [-0.05, 0) is 26.2 Å². The SMILES string of the molecule is C=C1CC(C)CN(C(C)C)C1. The average molecular weight is 153 g/mol. The van der Waals surface area contributed by atoms with Crippen molar-refractivity contribution in [3.05, 3.63) is 12.2 Å². The summed E-state index contributed by atoms with van der Waals surface area (Å²) in [6, 6.07) is 0.675. The smallest absolute Gasteiger partial charge is 0.0193 e. The van der Waals surface area contributed by atoms with Crippen molar-refractivity contribution in [1.29, 1.82) is 0 Å².